The molecule has 1 N–H and O–H groups in total. The molecule has 0 aliphatic heterocycles. The lowest BCUT2D eigenvalue weighted by molar-refractivity contribution is -0.142. The highest BCUT2D eigenvalue weighted by atomic mass is 19.4. The van der Waals surface area contributed by atoms with E-state index in [9.17, 15) is 18.0 Å². The molecule has 6 nitrogen and oxygen atoms in total. The highest BCUT2D eigenvalue weighted by molar-refractivity contribution is 5.80. The van der Waals surface area contributed by atoms with E-state index in [2.05, 4.69) is 20.4 Å². The Bertz CT molecular complexity index is 786. The molecule has 0 saturated heterocycles. The van der Waals surface area contributed by atoms with Crippen molar-refractivity contribution in [3.8, 4) is 0 Å². The number of rotatable bonds is 3. The molecule has 1 aliphatic carbocycles. The first kappa shape index (κ1) is 17.4. The Morgan fingerprint density at radius 3 is 2.88 bits per heavy atom. The molecule has 134 valence electrons. The molecule has 9 heteroatoms. The molecule has 0 spiro atoms. The molecular weight excluding hydrogens is 335 g/mol. The predicted octanol–water partition coefficient (Wildman–Crippen LogP) is 2.76. The number of nitrogens with one attached hydrogen (secondary N) is 1. The van der Waals surface area contributed by atoms with Gasteiger partial charge in [-0.2, -0.15) is 18.3 Å². The van der Waals surface area contributed by atoms with Crippen LogP contribution in [0.1, 0.15) is 54.6 Å². The largest absolute Gasteiger partial charge is 0.435 e. The fraction of sp³-hybridized carbons (Fsp3) is 0.500. The topological polar surface area (TPSA) is 72.7 Å². The Morgan fingerprint density at radius 2 is 2.20 bits per heavy atom. The van der Waals surface area contributed by atoms with Gasteiger partial charge in [-0.1, -0.05) is 0 Å². The van der Waals surface area contributed by atoms with Crippen LogP contribution in [0.3, 0.4) is 0 Å². The maximum absolute atomic E-state index is 12.6. The van der Waals surface area contributed by atoms with E-state index >= 15 is 0 Å². The minimum atomic E-state index is -4.53. The average molecular weight is 353 g/mol. The summed E-state index contributed by atoms with van der Waals surface area (Å²) in [5.41, 5.74) is 0.767. The molecule has 0 aromatic carbocycles. The number of aromatic nitrogens is 4. The maximum Gasteiger partial charge on any atom is 0.435 e. The van der Waals surface area contributed by atoms with Crippen LogP contribution in [-0.4, -0.2) is 25.7 Å². The van der Waals surface area contributed by atoms with E-state index in [1.165, 1.54) is 6.92 Å². The van der Waals surface area contributed by atoms with Gasteiger partial charge in [-0.05, 0) is 39.2 Å². The first-order valence-corrected chi connectivity index (χ1v) is 8.01. The van der Waals surface area contributed by atoms with Gasteiger partial charge in [0.2, 0.25) is 5.91 Å². The molecule has 3 rings (SSSR count). The van der Waals surface area contributed by atoms with Gasteiger partial charge in [-0.15, -0.1) is 0 Å². The van der Waals surface area contributed by atoms with Crippen molar-refractivity contribution in [3.05, 3.63) is 41.2 Å². The third kappa shape index (κ3) is 3.64. The lowest BCUT2D eigenvalue weighted by atomic mass is 9.92. The van der Waals surface area contributed by atoms with Crippen molar-refractivity contribution in [1.82, 2.24) is 25.1 Å². The van der Waals surface area contributed by atoms with Crippen molar-refractivity contribution in [3.63, 3.8) is 0 Å². The van der Waals surface area contributed by atoms with Gasteiger partial charge in [-0.25, -0.2) is 9.97 Å². The van der Waals surface area contributed by atoms with Crippen molar-refractivity contribution in [2.45, 2.75) is 51.4 Å². The van der Waals surface area contributed by atoms with E-state index in [0.717, 1.165) is 47.5 Å². The van der Waals surface area contributed by atoms with Crippen LogP contribution in [0.4, 0.5) is 13.2 Å². The van der Waals surface area contributed by atoms with E-state index in [1.807, 2.05) is 0 Å². The molecule has 2 aromatic rings. The third-order valence-corrected chi connectivity index (χ3v) is 4.29. The second-order valence-corrected chi connectivity index (χ2v) is 6.13. The molecule has 1 aliphatic rings. The summed E-state index contributed by atoms with van der Waals surface area (Å²) in [6.45, 7) is 3.32. The summed E-state index contributed by atoms with van der Waals surface area (Å²) >= 11 is 0. The fourth-order valence-electron chi connectivity index (χ4n) is 2.91. The van der Waals surface area contributed by atoms with Crippen LogP contribution in [0.25, 0.3) is 0 Å². The van der Waals surface area contributed by atoms with Gasteiger partial charge in [0.1, 0.15) is 11.9 Å². The summed E-state index contributed by atoms with van der Waals surface area (Å²) in [6.07, 6.45) is 0.789. The number of fused-ring (bicyclic) bond motifs is 1. The van der Waals surface area contributed by atoms with Crippen LogP contribution in [-0.2, 0) is 17.4 Å². The zero-order chi connectivity index (χ0) is 18.2. The SMILES string of the molecule is Cc1ncc2c(n1)CCC[C@H]2NC(=O)[C@H](C)n1ccc(C(F)(F)F)n1. The molecule has 0 fully saturated rings. The Labute approximate surface area is 142 Å². The second kappa shape index (κ2) is 6.45. The Hall–Kier alpha value is -2.45. The monoisotopic (exact) mass is 353 g/mol. The lowest BCUT2D eigenvalue weighted by Crippen LogP contribution is -2.36. The van der Waals surface area contributed by atoms with Gasteiger partial charge in [-0.3, -0.25) is 9.48 Å². The molecule has 25 heavy (non-hydrogen) atoms. The van der Waals surface area contributed by atoms with Gasteiger partial charge in [0.25, 0.3) is 0 Å². The summed E-state index contributed by atoms with van der Waals surface area (Å²) in [5.74, 6) is 0.283. The number of carbonyl (C=O) groups excluding carboxylic acids is 1. The first-order valence-electron chi connectivity index (χ1n) is 8.01. The Balaban J connectivity index is 1.74. The van der Waals surface area contributed by atoms with E-state index < -0.39 is 23.8 Å². The second-order valence-electron chi connectivity index (χ2n) is 6.13. The molecule has 0 saturated carbocycles. The minimum Gasteiger partial charge on any atom is -0.347 e. The Kier molecular flexibility index (Phi) is 4.49. The third-order valence-electron chi connectivity index (χ3n) is 4.29. The quantitative estimate of drug-likeness (QED) is 0.921. The molecule has 2 atom stereocenters. The normalized spacial score (nSPS) is 18.5. The van der Waals surface area contributed by atoms with Crippen molar-refractivity contribution in [2.75, 3.05) is 0 Å². The van der Waals surface area contributed by atoms with Crippen LogP contribution in [0, 0.1) is 6.92 Å². The van der Waals surface area contributed by atoms with Crippen molar-refractivity contribution in [1.29, 1.82) is 0 Å². The van der Waals surface area contributed by atoms with Crippen molar-refractivity contribution < 1.29 is 18.0 Å². The number of hydrogen-bond donors (Lipinski definition) is 1. The van der Waals surface area contributed by atoms with Crippen LogP contribution in [0.5, 0.6) is 0 Å². The standard InChI is InChI=1S/C16H18F3N5O/c1-9(24-7-6-14(23-24)16(17,18)19)15(25)22-13-5-3-4-12-11(13)8-20-10(2)21-12/h6-9,13H,3-5H2,1-2H3,(H,22,25)/t9-,13+/m0/s1. The molecule has 0 bridgehead atoms. The van der Waals surface area contributed by atoms with E-state index in [4.69, 9.17) is 0 Å². The Morgan fingerprint density at radius 1 is 1.44 bits per heavy atom. The van der Waals surface area contributed by atoms with Gasteiger partial charge < -0.3 is 5.32 Å². The highest BCUT2D eigenvalue weighted by Crippen LogP contribution is 2.29. The molecule has 2 aromatic heterocycles. The number of halogens is 3. The van der Waals surface area contributed by atoms with Gasteiger partial charge in [0.15, 0.2) is 5.69 Å². The number of carbonyl (C=O) groups is 1. The summed E-state index contributed by atoms with van der Waals surface area (Å²) in [7, 11) is 0. The number of aryl methyl sites for hydroxylation is 2. The van der Waals surface area contributed by atoms with E-state index in [0.29, 0.717) is 5.82 Å². The summed E-state index contributed by atoms with van der Waals surface area (Å²) < 4.78 is 39.0. The molecular formula is C16H18F3N5O. The van der Waals surface area contributed by atoms with E-state index in [-0.39, 0.29) is 6.04 Å². The van der Waals surface area contributed by atoms with Crippen LogP contribution in [0.15, 0.2) is 18.5 Å². The smallest absolute Gasteiger partial charge is 0.347 e. The van der Waals surface area contributed by atoms with Gasteiger partial charge >= 0.3 is 6.18 Å². The zero-order valence-electron chi connectivity index (χ0n) is 13.8. The average Bonchev–Trinajstić information content (AvgIpc) is 3.04. The molecule has 2 heterocycles. The molecule has 0 unspecified atom stereocenters. The summed E-state index contributed by atoms with van der Waals surface area (Å²) in [5, 5.41) is 6.34. The van der Waals surface area contributed by atoms with Gasteiger partial charge in [0.05, 0.1) is 6.04 Å². The number of amides is 1. The van der Waals surface area contributed by atoms with Crippen molar-refractivity contribution >= 4 is 5.91 Å². The fourth-order valence-corrected chi connectivity index (χ4v) is 2.91. The molecule has 1 amide bonds. The predicted molar refractivity (Wildman–Crippen MR) is 82.5 cm³/mol. The minimum absolute atomic E-state index is 0.239. The number of alkyl halides is 3. The number of nitrogens with zero attached hydrogens (tertiary/aromatic N) is 4. The maximum atomic E-state index is 12.6. The number of hydrogen-bond acceptors (Lipinski definition) is 4. The lowest BCUT2D eigenvalue weighted by Gasteiger charge is -2.26. The highest BCUT2D eigenvalue weighted by Gasteiger charge is 2.34. The van der Waals surface area contributed by atoms with Crippen LogP contribution < -0.4 is 5.32 Å². The first-order chi connectivity index (χ1) is 11.8. The summed E-state index contributed by atoms with van der Waals surface area (Å²) in [4.78, 5) is 21.0. The molecule has 0 radical (unpaired) electrons. The van der Waals surface area contributed by atoms with Crippen LogP contribution in [0.2, 0.25) is 0 Å². The van der Waals surface area contributed by atoms with Gasteiger partial charge in [0, 0.05) is 23.7 Å². The summed E-state index contributed by atoms with van der Waals surface area (Å²) in [6, 6.07) is -0.235. The zero-order valence-corrected chi connectivity index (χ0v) is 13.8. The van der Waals surface area contributed by atoms with Crippen molar-refractivity contribution in [2.24, 2.45) is 0 Å². The van der Waals surface area contributed by atoms with Crippen LogP contribution >= 0.6 is 0 Å². The van der Waals surface area contributed by atoms with E-state index in [1.54, 1.807) is 13.1 Å².